The number of hydrogen-bond donors (Lipinski definition) is 1. The second-order valence-corrected chi connectivity index (χ2v) is 5.29. The van der Waals surface area contributed by atoms with E-state index in [-0.39, 0.29) is 0 Å². The van der Waals surface area contributed by atoms with Crippen molar-refractivity contribution in [2.75, 3.05) is 13.2 Å². The topological polar surface area (TPSA) is 21.3 Å². The molecule has 19 heavy (non-hydrogen) atoms. The van der Waals surface area contributed by atoms with E-state index in [1.807, 2.05) is 0 Å². The van der Waals surface area contributed by atoms with Gasteiger partial charge in [-0.05, 0) is 35.7 Å². The predicted molar refractivity (Wildman–Crippen MR) is 79.7 cm³/mol. The van der Waals surface area contributed by atoms with Gasteiger partial charge in [0.25, 0.3) is 0 Å². The maximum absolute atomic E-state index is 5.81. The Morgan fingerprint density at radius 3 is 2.63 bits per heavy atom. The Kier molecular flexibility index (Phi) is 3.99. The first-order valence-electron chi connectivity index (χ1n) is 7.27. The van der Waals surface area contributed by atoms with Crippen LogP contribution < -0.4 is 10.1 Å². The van der Waals surface area contributed by atoms with Crippen molar-refractivity contribution in [2.45, 2.75) is 31.7 Å². The minimum absolute atomic E-state index is 0.722. The number of nitrogens with one attached hydrogen (secondary N) is 1. The molecule has 0 aliphatic heterocycles. The fraction of sp³-hybridized carbons (Fsp3) is 0.412. The minimum atomic E-state index is 0.722. The Morgan fingerprint density at radius 1 is 1.00 bits per heavy atom. The molecule has 0 bridgehead atoms. The smallest absolute Gasteiger partial charge is 0.120 e. The molecule has 0 amide bonds. The number of rotatable bonds is 5. The van der Waals surface area contributed by atoms with Crippen molar-refractivity contribution in [2.24, 2.45) is 0 Å². The van der Waals surface area contributed by atoms with E-state index in [2.05, 4.69) is 47.8 Å². The van der Waals surface area contributed by atoms with Crippen LogP contribution in [0.1, 0.15) is 25.7 Å². The average Bonchev–Trinajstić information content (AvgIpc) is 2.97. The second kappa shape index (κ2) is 6.07. The third kappa shape index (κ3) is 3.27. The standard InChI is InChI=1S/C17H21NO/c1-2-6-15-13-17(10-9-14(15)5-1)19-12-11-18-16-7-3-4-8-16/h1-2,5-6,9-10,13,16,18H,3-4,7-8,11-12H2. The zero-order chi connectivity index (χ0) is 12.9. The summed E-state index contributed by atoms with van der Waals surface area (Å²) in [7, 11) is 0. The molecule has 0 saturated heterocycles. The van der Waals surface area contributed by atoms with E-state index < -0.39 is 0 Å². The molecule has 2 nitrogen and oxygen atoms in total. The Bertz CT molecular complexity index is 532. The largest absolute Gasteiger partial charge is 0.492 e. The summed E-state index contributed by atoms with van der Waals surface area (Å²) in [6.07, 6.45) is 5.42. The summed E-state index contributed by atoms with van der Waals surface area (Å²) in [6, 6.07) is 15.4. The molecular weight excluding hydrogens is 234 g/mol. The van der Waals surface area contributed by atoms with Gasteiger partial charge in [-0.3, -0.25) is 0 Å². The van der Waals surface area contributed by atoms with Crippen molar-refractivity contribution in [3.05, 3.63) is 42.5 Å². The van der Waals surface area contributed by atoms with Crippen molar-refractivity contribution >= 4 is 10.8 Å². The summed E-state index contributed by atoms with van der Waals surface area (Å²) in [5.74, 6) is 0.965. The van der Waals surface area contributed by atoms with Gasteiger partial charge in [0.05, 0.1) is 0 Å². The maximum atomic E-state index is 5.81. The summed E-state index contributed by atoms with van der Waals surface area (Å²) in [6.45, 7) is 1.69. The molecule has 100 valence electrons. The van der Waals surface area contributed by atoms with Gasteiger partial charge in [-0.2, -0.15) is 0 Å². The molecule has 0 aromatic heterocycles. The van der Waals surface area contributed by atoms with Gasteiger partial charge in [0.2, 0.25) is 0 Å². The summed E-state index contributed by atoms with van der Waals surface area (Å²) >= 11 is 0. The van der Waals surface area contributed by atoms with Crippen molar-refractivity contribution in [3.8, 4) is 5.75 Å². The van der Waals surface area contributed by atoms with E-state index in [0.717, 1.165) is 24.9 Å². The molecule has 1 aliphatic rings. The molecule has 1 N–H and O–H groups in total. The van der Waals surface area contributed by atoms with Crippen molar-refractivity contribution in [1.29, 1.82) is 0 Å². The average molecular weight is 255 g/mol. The first kappa shape index (κ1) is 12.5. The molecule has 0 spiro atoms. The summed E-state index contributed by atoms with van der Waals surface area (Å²) in [5, 5.41) is 6.07. The Labute approximate surface area is 114 Å². The fourth-order valence-corrected chi connectivity index (χ4v) is 2.82. The Hall–Kier alpha value is -1.54. The van der Waals surface area contributed by atoms with Crippen LogP contribution in [0.5, 0.6) is 5.75 Å². The number of ether oxygens (including phenoxy) is 1. The van der Waals surface area contributed by atoms with Gasteiger partial charge in [0.15, 0.2) is 0 Å². The lowest BCUT2D eigenvalue weighted by atomic mass is 10.1. The van der Waals surface area contributed by atoms with E-state index in [1.54, 1.807) is 0 Å². The third-order valence-electron chi connectivity index (χ3n) is 3.88. The Morgan fingerprint density at radius 2 is 1.79 bits per heavy atom. The highest BCUT2D eigenvalue weighted by Crippen LogP contribution is 2.20. The maximum Gasteiger partial charge on any atom is 0.120 e. The van der Waals surface area contributed by atoms with Crippen LogP contribution in [0.2, 0.25) is 0 Å². The van der Waals surface area contributed by atoms with Crippen LogP contribution in [-0.2, 0) is 0 Å². The molecule has 1 fully saturated rings. The highest BCUT2D eigenvalue weighted by atomic mass is 16.5. The molecule has 0 unspecified atom stereocenters. The van der Waals surface area contributed by atoms with Crippen LogP contribution in [0.4, 0.5) is 0 Å². The van der Waals surface area contributed by atoms with E-state index in [0.29, 0.717) is 0 Å². The number of benzene rings is 2. The van der Waals surface area contributed by atoms with Crippen LogP contribution >= 0.6 is 0 Å². The molecule has 2 aromatic carbocycles. The molecular formula is C17H21NO. The van der Waals surface area contributed by atoms with Crippen molar-refractivity contribution in [1.82, 2.24) is 5.32 Å². The van der Waals surface area contributed by atoms with Crippen molar-refractivity contribution in [3.63, 3.8) is 0 Å². The molecule has 0 heterocycles. The molecule has 0 atom stereocenters. The molecule has 1 aliphatic carbocycles. The van der Waals surface area contributed by atoms with Crippen LogP contribution in [0, 0.1) is 0 Å². The van der Waals surface area contributed by atoms with Crippen LogP contribution in [0.15, 0.2) is 42.5 Å². The third-order valence-corrected chi connectivity index (χ3v) is 3.88. The van der Waals surface area contributed by atoms with E-state index in [4.69, 9.17) is 4.74 Å². The first-order chi connectivity index (χ1) is 9.42. The molecule has 0 radical (unpaired) electrons. The highest BCUT2D eigenvalue weighted by molar-refractivity contribution is 5.83. The van der Waals surface area contributed by atoms with Crippen LogP contribution in [0.3, 0.4) is 0 Å². The monoisotopic (exact) mass is 255 g/mol. The van der Waals surface area contributed by atoms with Gasteiger partial charge < -0.3 is 10.1 Å². The fourth-order valence-electron chi connectivity index (χ4n) is 2.82. The van der Waals surface area contributed by atoms with Crippen LogP contribution in [-0.4, -0.2) is 19.2 Å². The minimum Gasteiger partial charge on any atom is -0.492 e. The zero-order valence-electron chi connectivity index (χ0n) is 11.3. The quantitative estimate of drug-likeness (QED) is 0.822. The van der Waals surface area contributed by atoms with Crippen LogP contribution in [0.25, 0.3) is 10.8 Å². The van der Waals surface area contributed by atoms with Gasteiger partial charge in [0.1, 0.15) is 12.4 Å². The molecule has 2 heteroatoms. The van der Waals surface area contributed by atoms with Gasteiger partial charge in [-0.1, -0.05) is 43.2 Å². The lowest BCUT2D eigenvalue weighted by Crippen LogP contribution is -2.30. The second-order valence-electron chi connectivity index (χ2n) is 5.29. The zero-order valence-corrected chi connectivity index (χ0v) is 11.3. The molecule has 1 saturated carbocycles. The lowest BCUT2D eigenvalue weighted by molar-refractivity contribution is 0.305. The van der Waals surface area contributed by atoms with E-state index in [9.17, 15) is 0 Å². The van der Waals surface area contributed by atoms with Gasteiger partial charge in [-0.25, -0.2) is 0 Å². The van der Waals surface area contributed by atoms with Gasteiger partial charge >= 0.3 is 0 Å². The summed E-state index contributed by atoms with van der Waals surface area (Å²) < 4.78 is 5.81. The number of hydrogen-bond acceptors (Lipinski definition) is 2. The molecule has 2 aromatic rings. The summed E-state index contributed by atoms with van der Waals surface area (Å²) in [5.41, 5.74) is 0. The highest BCUT2D eigenvalue weighted by Gasteiger charge is 2.13. The predicted octanol–water partition coefficient (Wildman–Crippen LogP) is 3.75. The SMILES string of the molecule is c1ccc2cc(OCCNC3CCCC3)ccc2c1. The van der Waals surface area contributed by atoms with Gasteiger partial charge in [-0.15, -0.1) is 0 Å². The van der Waals surface area contributed by atoms with E-state index >= 15 is 0 Å². The van der Waals surface area contributed by atoms with Gasteiger partial charge in [0, 0.05) is 12.6 Å². The first-order valence-corrected chi connectivity index (χ1v) is 7.27. The van der Waals surface area contributed by atoms with Crippen molar-refractivity contribution < 1.29 is 4.74 Å². The normalized spacial score (nSPS) is 16.0. The summed E-state index contributed by atoms with van der Waals surface area (Å²) in [4.78, 5) is 0. The Balaban J connectivity index is 1.50. The lowest BCUT2D eigenvalue weighted by Gasteiger charge is -2.12. The molecule has 3 rings (SSSR count). The number of fused-ring (bicyclic) bond motifs is 1. The van der Waals surface area contributed by atoms with E-state index in [1.165, 1.54) is 36.5 Å².